The second-order valence-corrected chi connectivity index (χ2v) is 8.54. The van der Waals surface area contributed by atoms with Crippen LogP contribution in [0.15, 0.2) is 0 Å². The van der Waals surface area contributed by atoms with E-state index in [0.717, 1.165) is 68.2 Å². The topological polar surface area (TPSA) is 58.6 Å². The third kappa shape index (κ3) is 3.82. The van der Waals surface area contributed by atoms with Crippen molar-refractivity contribution < 1.29 is 9.53 Å². The van der Waals surface area contributed by atoms with Gasteiger partial charge in [-0.2, -0.15) is 4.37 Å². The summed E-state index contributed by atoms with van der Waals surface area (Å²) in [6.07, 6.45) is 6.92. The summed E-state index contributed by atoms with van der Waals surface area (Å²) in [7, 11) is 1.66. The first-order valence-corrected chi connectivity index (χ1v) is 10.3. The van der Waals surface area contributed by atoms with E-state index in [2.05, 4.69) is 19.2 Å². The predicted octanol–water partition coefficient (Wildman–Crippen LogP) is 2.55. The Bertz CT molecular complexity index is 588. The molecule has 1 saturated carbocycles. The van der Waals surface area contributed by atoms with Crippen molar-refractivity contribution in [2.45, 2.75) is 45.1 Å². The maximum atomic E-state index is 12.6. The normalized spacial score (nSPS) is 27.1. The van der Waals surface area contributed by atoms with Gasteiger partial charge in [-0.05, 0) is 43.4 Å². The van der Waals surface area contributed by atoms with Crippen molar-refractivity contribution in [1.29, 1.82) is 0 Å². The Balaban J connectivity index is 1.24. The molecular weight excluding hydrogens is 336 g/mol. The molecule has 7 heteroatoms. The summed E-state index contributed by atoms with van der Waals surface area (Å²) in [6, 6.07) is 0. The van der Waals surface area contributed by atoms with Crippen LogP contribution in [-0.2, 0) is 16.1 Å². The quantitative estimate of drug-likeness (QED) is 0.804. The van der Waals surface area contributed by atoms with Crippen LogP contribution in [0.3, 0.4) is 0 Å². The van der Waals surface area contributed by atoms with Crippen molar-refractivity contribution in [3.8, 4) is 0 Å². The van der Waals surface area contributed by atoms with Gasteiger partial charge in [0.2, 0.25) is 11.0 Å². The van der Waals surface area contributed by atoms with E-state index in [-0.39, 0.29) is 0 Å². The first kappa shape index (κ1) is 17.2. The summed E-state index contributed by atoms with van der Waals surface area (Å²) >= 11 is 1.45. The molecule has 0 spiro atoms. The maximum absolute atomic E-state index is 12.6. The van der Waals surface area contributed by atoms with Crippen LogP contribution >= 0.6 is 11.5 Å². The van der Waals surface area contributed by atoms with E-state index in [9.17, 15) is 4.79 Å². The van der Waals surface area contributed by atoms with E-state index in [0.29, 0.717) is 18.4 Å². The Labute approximate surface area is 153 Å². The molecule has 0 radical (unpaired) electrons. The van der Waals surface area contributed by atoms with Gasteiger partial charge in [-0.1, -0.05) is 6.42 Å². The number of fused-ring (bicyclic) bond motifs is 1. The fourth-order valence-electron chi connectivity index (χ4n) is 4.70. The van der Waals surface area contributed by atoms with Gasteiger partial charge in [-0.15, -0.1) is 0 Å². The molecule has 0 bridgehead atoms. The van der Waals surface area contributed by atoms with Crippen LogP contribution in [0.2, 0.25) is 0 Å². The van der Waals surface area contributed by atoms with Gasteiger partial charge in [0.25, 0.3) is 0 Å². The average molecular weight is 365 g/mol. The van der Waals surface area contributed by atoms with Gasteiger partial charge in [0.15, 0.2) is 5.82 Å². The Kier molecular flexibility index (Phi) is 5.22. The lowest BCUT2D eigenvalue weighted by atomic mass is 9.93. The van der Waals surface area contributed by atoms with Crippen molar-refractivity contribution >= 4 is 22.6 Å². The summed E-state index contributed by atoms with van der Waals surface area (Å²) in [4.78, 5) is 21.6. The Morgan fingerprint density at radius 3 is 2.60 bits per heavy atom. The molecule has 2 saturated heterocycles. The average Bonchev–Trinajstić information content (AvgIpc) is 3.31. The van der Waals surface area contributed by atoms with E-state index in [4.69, 9.17) is 4.74 Å². The van der Waals surface area contributed by atoms with Gasteiger partial charge in [0, 0.05) is 51.2 Å². The molecule has 6 nitrogen and oxygen atoms in total. The highest BCUT2D eigenvalue weighted by molar-refractivity contribution is 7.09. The second-order valence-electron chi connectivity index (χ2n) is 7.81. The number of likely N-dealkylation sites (tertiary alicyclic amines) is 1. The molecule has 138 valence electrons. The summed E-state index contributed by atoms with van der Waals surface area (Å²) in [5, 5.41) is 0.990. The number of ether oxygens (including phenoxy) is 1. The zero-order valence-electron chi connectivity index (χ0n) is 15.0. The van der Waals surface area contributed by atoms with E-state index in [1.165, 1.54) is 30.8 Å². The minimum Gasteiger partial charge on any atom is -0.377 e. The van der Waals surface area contributed by atoms with Crippen LogP contribution in [0.4, 0.5) is 5.13 Å². The molecule has 1 aliphatic carbocycles. The lowest BCUT2D eigenvalue weighted by molar-refractivity contribution is -0.131. The molecule has 2 atom stereocenters. The molecular formula is C18H28N4O2S. The minimum atomic E-state index is 0.395. The SMILES string of the molecule is COCc1nsc(N2CCC(CC(=O)N3CC4CCCC4C3)CC2)n1. The molecule has 3 heterocycles. The molecule has 25 heavy (non-hydrogen) atoms. The van der Waals surface area contributed by atoms with E-state index >= 15 is 0 Å². The molecule has 2 unspecified atom stereocenters. The summed E-state index contributed by atoms with van der Waals surface area (Å²) < 4.78 is 9.42. The van der Waals surface area contributed by atoms with Crippen molar-refractivity contribution in [3.63, 3.8) is 0 Å². The van der Waals surface area contributed by atoms with Gasteiger partial charge in [0.05, 0.1) is 0 Å². The standard InChI is InChI=1S/C18H28N4O2S/c1-24-12-16-19-18(25-20-16)21-7-5-13(6-8-21)9-17(23)22-10-14-3-2-4-15(14)11-22/h13-15H,2-12H2,1H3. The van der Waals surface area contributed by atoms with Crippen LogP contribution in [0.25, 0.3) is 0 Å². The number of hydrogen-bond acceptors (Lipinski definition) is 6. The van der Waals surface area contributed by atoms with Gasteiger partial charge in [-0.25, -0.2) is 4.98 Å². The van der Waals surface area contributed by atoms with Crippen molar-refractivity contribution in [2.24, 2.45) is 17.8 Å². The van der Waals surface area contributed by atoms with Crippen LogP contribution in [0, 0.1) is 17.8 Å². The molecule has 0 aromatic carbocycles. The molecule has 1 aromatic heterocycles. The summed E-state index contributed by atoms with van der Waals surface area (Å²) in [6.45, 7) is 4.47. The molecule has 0 N–H and O–H groups in total. The Morgan fingerprint density at radius 2 is 1.92 bits per heavy atom. The van der Waals surface area contributed by atoms with Gasteiger partial charge < -0.3 is 14.5 Å². The van der Waals surface area contributed by atoms with Gasteiger partial charge in [0.1, 0.15) is 6.61 Å². The van der Waals surface area contributed by atoms with Gasteiger partial charge in [-0.3, -0.25) is 4.79 Å². The number of anilines is 1. The number of carbonyl (C=O) groups excluding carboxylic acids is 1. The van der Waals surface area contributed by atoms with E-state index < -0.39 is 0 Å². The van der Waals surface area contributed by atoms with E-state index in [1.807, 2.05) is 0 Å². The maximum Gasteiger partial charge on any atom is 0.222 e. The molecule has 2 aliphatic heterocycles. The van der Waals surface area contributed by atoms with Crippen LogP contribution in [-0.4, -0.2) is 53.5 Å². The predicted molar refractivity (Wildman–Crippen MR) is 97.6 cm³/mol. The zero-order chi connectivity index (χ0) is 17.2. The number of amides is 1. The van der Waals surface area contributed by atoms with Crippen molar-refractivity contribution in [3.05, 3.63) is 5.82 Å². The third-order valence-electron chi connectivity index (χ3n) is 6.16. The smallest absolute Gasteiger partial charge is 0.222 e. The Morgan fingerprint density at radius 1 is 1.20 bits per heavy atom. The van der Waals surface area contributed by atoms with Crippen LogP contribution < -0.4 is 4.90 Å². The number of piperidine rings is 1. The fraction of sp³-hybridized carbons (Fsp3) is 0.833. The summed E-state index contributed by atoms with van der Waals surface area (Å²) in [5.74, 6) is 3.27. The largest absolute Gasteiger partial charge is 0.377 e. The number of methoxy groups -OCH3 is 1. The first-order valence-electron chi connectivity index (χ1n) is 9.57. The van der Waals surface area contributed by atoms with Crippen LogP contribution in [0.1, 0.15) is 44.3 Å². The number of carbonyl (C=O) groups is 1. The molecule has 1 amide bonds. The highest BCUT2D eigenvalue weighted by Crippen LogP contribution is 2.38. The monoisotopic (exact) mass is 364 g/mol. The lowest BCUT2D eigenvalue weighted by Crippen LogP contribution is -2.37. The van der Waals surface area contributed by atoms with Crippen molar-refractivity contribution in [2.75, 3.05) is 38.2 Å². The second kappa shape index (κ2) is 7.58. The Hall–Kier alpha value is -1.21. The molecule has 3 fully saturated rings. The molecule has 1 aromatic rings. The number of aromatic nitrogens is 2. The third-order valence-corrected chi connectivity index (χ3v) is 6.97. The zero-order valence-corrected chi connectivity index (χ0v) is 15.8. The van der Waals surface area contributed by atoms with E-state index in [1.54, 1.807) is 7.11 Å². The fourth-order valence-corrected chi connectivity index (χ4v) is 5.43. The first-order chi connectivity index (χ1) is 12.2. The molecule has 3 aliphatic rings. The highest BCUT2D eigenvalue weighted by atomic mass is 32.1. The summed E-state index contributed by atoms with van der Waals surface area (Å²) in [5.41, 5.74) is 0. The number of nitrogens with zero attached hydrogens (tertiary/aromatic N) is 4. The van der Waals surface area contributed by atoms with Crippen LogP contribution in [0.5, 0.6) is 0 Å². The highest BCUT2D eigenvalue weighted by Gasteiger charge is 2.38. The molecule has 4 rings (SSSR count). The number of hydrogen-bond donors (Lipinski definition) is 0. The number of rotatable bonds is 5. The van der Waals surface area contributed by atoms with Gasteiger partial charge >= 0.3 is 0 Å². The minimum absolute atomic E-state index is 0.395. The lowest BCUT2D eigenvalue weighted by Gasteiger charge is -2.32. The van der Waals surface area contributed by atoms with Crippen molar-refractivity contribution in [1.82, 2.24) is 14.3 Å².